The third-order valence-electron chi connectivity index (χ3n) is 24.5. The van der Waals surface area contributed by atoms with Crippen LogP contribution >= 0.6 is 46.4 Å². The third-order valence-corrected chi connectivity index (χ3v) is 28.3. The summed E-state index contributed by atoms with van der Waals surface area (Å²) in [6.07, 6.45) is 24.2. The molecule has 5 saturated carbocycles. The molecule has 5 aliphatic carbocycles. The van der Waals surface area contributed by atoms with Gasteiger partial charge in [0.05, 0.1) is 91.6 Å². The number of aliphatic hydroxyl groups is 2. The Balaban J connectivity index is 0.000000186. The minimum absolute atomic E-state index is 0. The molecule has 6 saturated heterocycles. The zero-order chi connectivity index (χ0) is 103. The van der Waals surface area contributed by atoms with Crippen molar-refractivity contribution in [1.82, 2.24) is 58.6 Å². The van der Waals surface area contributed by atoms with Crippen LogP contribution in [0.1, 0.15) is 152 Å². The molecule has 11 aliphatic rings. The Labute approximate surface area is 908 Å². The van der Waals surface area contributed by atoms with Crippen molar-refractivity contribution < 1.29 is 206 Å². The summed E-state index contributed by atoms with van der Waals surface area (Å²) < 4.78 is 247. The average Bonchev–Trinajstić information content (AvgIpc) is 1.58. The molecule has 21 rings (SSSR count). The van der Waals surface area contributed by atoms with E-state index in [2.05, 4.69) is 82.1 Å². The van der Waals surface area contributed by atoms with E-state index in [4.69, 9.17) is 99.9 Å². The van der Waals surface area contributed by atoms with Crippen LogP contribution in [-0.2, 0) is 80.8 Å². The van der Waals surface area contributed by atoms with E-state index in [1.807, 2.05) is 137 Å². The van der Waals surface area contributed by atoms with Gasteiger partial charge in [-0.3, -0.25) is 8.78 Å². The molecule has 10 aromatic rings. The SMILES string of the molecule is C1CCOC1.C=C[C@H]1C[C@@H](n2ccc3c(Cl)ncnc32)[C@@H]2OC(C)(C)O[C@@H]21.C=C[C@H]1C[C@H](C)[C@@H]2OC(C)(C)O[C@@H]21.C=C[C@H]1C[C@H](O)[C@@H]2OC(C)(C)O[C@@H]21.CC1(C)O[C@@H]2[C@@H]([C@@H](O)c3ccc(F)c(F)c3)C[C@@H](n3ccc4c(Cl)ncnc43)[C@@H]2O1.CC1(C)O[C@@H]2[C@H](O1)[C@@H](C=O)C[C@H]2n1ccc2c(Cl)ncnc21.Clc1ncnc2[n-]ccc12.Fc1c[c-]ccc1F.O=S(=O)(OS(=O)(=O)C(F)(F)F)C(F)(F)F.[2H]CF.[Br-].[K+].[Mg+2]. The number of benzene rings is 2. The maximum atomic E-state index is 13.8. The number of carbonyl (C=O) groups excluding carboxylic acids is 1. The van der Waals surface area contributed by atoms with Gasteiger partial charge in [-0.1, -0.05) is 89.9 Å². The Morgan fingerprint density at radius 2 is 0.874 bits per heavy atom. The maximum absolute atomic E-state index is 13.8. The second kappa shape index (κ2) is 49.7. The van der Waals surface area contributed by atoms with Crippen molar-refractivity contribution in [1.29, 1.82) is 0 Å². The first-order valence-electron chi connectivity index (χ1n) is 44.6. The van der Waals surface area contributed by atoms with Crippen molar-refractivity contribution in [3.05, 3.63) is 204 Å². The largest absolute Gasteiger partial charge is 2.00 e. The molecule has 11 fully saturated rings. The van der Waals surface area contributed by atoms with E-state index >= 15 is 0 Å². The average molecular weight is 2240 g/mol. The van der Waals surface area contributed by atoms with Crippen LogP contribution in [0.3, 0.4) is 0 Å². The molecule has 31 nitrogen and oxygen atoms in total. The van der Waals surface area contributed by atoms with Crippen molar-refractivity contribution in [2.45, 2.75) is 252 Å². The third kappa shape index (κ3) is 28.4. The Kier molecular flexibility index (Phi) is 41.4. The molecule has 774 valence electrons. The van der Waals surface area contributed by atoms with Gasteiger partial charge >= 0.3 is 106 Å². The van der Waals surface area contributed by atoms with Gasteiger partial charge in [-0.25, -0.2) is 48.1 Å². The maximum Gasteiger partial charge on any atom is 2.00 e. The number of halogens is 16. The number of nitrogens with zero attached hydrogens (tertiary/aromatic N) is 12. The van der Waals surface area contributed by atoms with Crippen LogP contribution < -0.4 is 73.3 Å². The molecule has 21 atom stereocenters. The van der Waals surface area contributed by atoms with Crippen LogP contribution in [0, 0.1) is 64.8 Å². The summed E-state index contributed by atoms with van der Waals surface area (Å²) in [6.45, 7) is 34.8. The predicted octanol–water partition coefficient (Wildman–Crippen LogP) is 12.0. The van der Waals surface area contributed by atoms with Crippen molar-refractivity contribution in [3.63, 3.8) is 0 Å². The van der Waals surface area contributed by atoms with E-state index < -0.39 is 109 Å². The standard InChI is InChI=1S/C21H20ClF2N3O3.C16H18ClN3O2.C15H16ClN3O3.C11H18O2.C10H16O3.C6H3ClN3.C6H3F2.C4H8O.C2F6O5S2.CH3F.BrH.K.Mg/c1-21(2)29-17-12(16(28)10-3-4-13(23)14(24)7-10)8-15(18(17)30-21)27-6-5-11-19(22)25-9-26-20(11)27;1-4-9-7-11(13-12(9)21-16(2,3)22-13)20-6-5-10-14(17)18-8-19-15(10)20;1-15(2)21-11-8(6-20)5-10(12(11)22-15)19-4-3-9-13(16)17-7-18-14(9)19;1-5-8-6-7(2)9-10(8)13-11(3,4)12-9;1-4-6-5-7(11)9-8(6)12-10(2,3)13-9;7-5-4-1-2-8-6(4)10-3-9-5;7-5-3-1-2-4-6(5)8;1-2-4-5-3-1;3-1(4,5)14(9,10)13-15(11,12)2(6,7)8;1-2;;;/h3-7,9,12,15-18,28H,8H2,1-2H3;4-6,8-9,11-13H,1,7H2,2-3H3;3-4,6-8,10-12H,5H2,1-2H3;5,7-10H,1,6H2,2-4H3;4,6-9,11H,1,5H2,2-3H3;1-3H;1,3-4H;1-4H2;;1H3;1H;;/q;;;;;2*-1;;;;;+1;+2/p-1/t12-,15-,16+,17-,18+;9-,11+,12+,13-;8-,10-,11-,12+;7-,8-,9-,10+;6-,7-,8+,9-;;;;;;;;/m10100......../s1/i;;;;;;;;;1D;;;. The molecule has 6 aliphatic heterocycles. The zero-order valence-corrected chi connectivity index (χ0v) is 90.1. The number of fused-ring (bicyclic) bond motifs is 9. The molecule has 8 aromatic heterocycles. The van der Waals surface area contributed by atoms with E-state index in [9.17, 15) is 80.1 Å². The Bertz CT molecular complexity index is 6030. The van der Waals surface area contributed by atoms with Gasteiger partial charge in [0, 0.05) is 84.7 Å². The van der Waals surface area contributed by atoms with Crippen LogP contribution in [0.2, 0.25) is 20.6 Å². The summed E-state index contributed by atoms with van der Waals surface area (Å²) >= 11 is 24.2. The van der Waals surface area contributed by atoms with Crippen molar-refractivity contribution in [2.75, 3.05) is 20.4 Å². The van der Waals surface area contributed by atoms with E-state index in [0.29, 0.717) is 68.6 Å². The molecule has 0 unspecified atom stereocenters. The number of aliphatic hydroxyl groups excluding tert-OH is 2. The van der Waals surface area contributed by atoms with E-state index in [1.165, 1.54) is 50.3 Å². The molecule has 0 bridgehead atoms. The Hall–Kier alpha value is -5.58. The second-order valence-corrected chi connectivity index (χ2v) is 41.0. The fourth-order valence-corrected chi connectivity index (χ4v) is 21.0. The number of alkyl halides is 7. The normalized spacial score (nSPS) is 28.7. The summed E-state index contributed by atoms with van der Waals surface area (Å²) in [5, 5.41) is 25.6. The molecule has 51 heteroatoms. The molecular weight excluding hydrogens is 2140 g/mol. The Morgan fingerprint density at radius 1 is 0.510 bits per heavy atom. The molecule has 14 heterocycles. The van der Waals surface area contributed by atoms with Gasteiger partial charge in [0.1, 0.15) is 87.2 Å². The number of rotatable bonds is 11. The first-order chi connectivity index (χ1) is 66.1. The van der Waals surface area contributed by atoms with Crippen molar-refractivity contribution in [3.8, 4) is 0 Å². The summed E-state index contributed by atoms with van der Waals surface area (Å²) in [7, 11) is -14.7. The topological polar surface area (TPSA) is 369 Å². The summed E-state index contributed by atoms with van der Waals surface area (Å²) in [4.78, 5) is 48.2. The predicted molar refractivity (Wildman–Crippen MR) is 494 cm³/mol. The Morgan fingerprint density at radius 3 is 1.27 bits per heavy atom. The van der Waals surface area contributed by atoms with E-state index in [-0.39, 0.29) is 188 Å². The smallest absolute Gasteiger partial charge is 1.00 e. The van der Waals surface area contributed by atoms with Crippen LogP contribution in [0.4, 0.5) is 48.3 Å². The van der Waals surface area contributed by atoms with Crippen LogP contribution in [0.15, 0.2) is 149 Å². The van der Waals surface area contributed by atoms with Gasteiger partial charge in [0.2, 0.25) is 0 Å². The fraction of sp³-hybridized carbons (Fsp3) is 0.533. The van der Waals surface area contributed by atoms with Crippen LogP contribution in [0.5, 0.6) is 0 Å². The molecular formula is C92H105BrCl4F11KMgN12O19S2. The summed E-state index contributed by atoms with van der Waals surface area (Å²) in [5.41, 5.74) is -9.31. The monoisotopic (exact) mass is 2240 g/mol. The quantitative estimate of drug-likeness (QED) is 0.0231. The molecule has 143 heavy (non-hydrogen) atoms. The zero-order valence-electron chi connectivity index (χ0n) is 80.3. The van der Waals surface area contributed by atoms with Gasteiger partial charge in [-0.15, -0.1) is 35.5 Å². The molecule has 0 spiro atoms. The van der Waals surface area contributed by atoms with Gasteiger partial charge in [-0.2, -0.15) is 55.3 Å². The van der Waals surface area contributed by atoms with Gasteiger partial charge in [0.15, 0.2) is 40.6 Å². The van der Waals surface area contributed by atoms with E-state index in [1.54, 1.807) is 12.3 Å². The second-order valence-electron chi connectivity index (χ2n) is 36.3. The molecule has 2 aromatic carbocycles. The van der Waals surface area contributed by atoms with Crippen molar-refractivity contribution >= 4 is 140 Å². The number of hydrogen-bond donors (Lipinski definition) is 2. The number of ether oxygens (including phenoxy) is 11. The molecule has 2 N–H and O–H groups in total. The van der Waals surface area contributed by atoms with E-state index in [0.717, 1.165) is 89.4 Å². The van der Waals surface area contributed by atoms with Gasteiger partial charge < -0.3 is 108 Å². The fourth-order valence-electron chi connectivity index (χ4n) is 18.7. The first kappa shape index (κ1) is 119. The van der Waals surface area contributed by atoms with Crippen LogP contribution in [0.25, 0.3) is 44.1 Å². The number of aldehydes is 1. The number of hydrogen-bond acceptors (Lipinski definition) is 27. The minimum atomic E-state index is -6.85. The van der Waals surface area contributed by atoms with Gasteiger partial charge in [0.25, 0.3) is 0 Å². The number of aromatic nitrogens is 12. The van der Waals surface area contributed by atoms with Crippen molar-refractivity contribution in [2.24, 2.45) is 35.5 Å². The summed E-state index contributed by atoms with van der Waals surface area (Å²) in [6, 6.07) is 16.5. The van der Waals surface area contributed by atoms with Crippen LogP contribution in [-0.4, -0.2) is 237 Å². The minimum Gasteiger partial charge on any atom is -1.00 e. The molecule has 0 amide bonds. The molecule has 0 radical (unpaired) electrons. The number of carbonyl (C=O) groups is 1. The summed E-state index contributed by atoms with van der Waals surface area (Å²) in [5.74, 6) is -5.67. The first-order valence-corrected chi connectivity index (χ1v) is 48.2. The van der Waals surface area contributed by atoms with Gasteiger partial charge in [-0.05, 0) is 162 Å².